The average Bonchev–Trinajstić information content (AvgIpc) is 2.59. The topological polar surface area (TPSA) is 59.6 Å². The maximum Gasteiger partial charge on any atom is 0.315 e. The molecule has 0 aliphatic heterocycles. The second-order valence-corrected chi connectivity index (χ2v) is 5.12. The summed E-state index contributed by atoms with van der Waals surface area (Å²) in [6.07, 6.45) is 0. The summed E-state index contributed by atoms with van der Waals surface area (Å²) in [7, 11) is 1.62. The van der Waals surface area contributed by atoms with Crippen LogP contribution in [0.3, 0.4) is 0 Å². The van der Waals surface area contributed by atoms with Gasteiger partial charge in [-0.15, -0.1) is 0 Å². The maximum absolute atomic E-state index is 11.7. The second kappa shape index (κ2) is 8.68. The lowest BCUT2D eigenvalue weighted by Gasteiger charge is -2.09. The van der Waals surface area contributed by atoms with E-state index in [1.807, 2.05) is 55.5 Å². The largest absolute Gasteiger partial charge is 0.497 e. The number of carbonyl (C=O) groups excluding carboxylic acids is 1. The second-order valence-electron chi connectivity index (χ2n) is 5.12. The fourth-order valence-corrected chi connectivity index (χ4v) is 1.96. The van der Waals surface area contributed by atoms with Crippen LogP contribution in [0.15, 0.2) is 48.5 Å². The molecule has 5 heteroatoms. The van der Waals surface area contributed by atoms with E-state index in [0.29, 0.717) is 19.7 Å². The number of rotatable bonds is 7. The molecular formula is C18H22N2O3. The third-order valence-electron chi connectivity index (χ3n) is 3.29. The molecule has 2 N–H and O–H groups in total. The molecule has 0 aromatic heterocycles. The van der Waals surface area contributed by atoms with E-state index in [1.54, 1.807) is 7.11 Å². The van der Waals surface area contributed by atoms with Gasteiger partial charge in [-0.2, -0.15) is 0 Å². The normalized spacial score (nSPS) is 10.0. The van der Waals surface area contributed by atoms with E-state index in [2.05, 4.69) is 10.6 Å². The third-order valence-corrected chi connectivity index (χ3v) is 3.29. The summed E-state index contributed by atoms with van der Waals surface area (Å²) in [5, 5.41) is 5.55. The summed E-state index contributed by atoms with van der Waals surface area (Å²) in [6, 6.07) is 15.2. The predicted molar refractivity (Wildman–Crippen MR) is 89.9 cm³/mol. The summed E-state index contributed by atoms with van der Waals surface area (Å²) in [5.74, 6) is 1.60. The zero-order valence-electron chi connectivity index (χ0n) is 13.5. The highest BCUT2D eigenvalue weighted by Gasteiger charge is 2.01. The fourth-order valence-electron chi connectivity index (χ4n) is 1.96. The Morgan fingerprint density at radius 1 is 0.957 bits per heavy atom. The van der Waals surface area contributed by atoms with Crippen LogP contribution in [0.2, 0.25) is 0 Å². The van der Waals surface area contributed by atoms with Crippen molar-refractivity contribution in [1.29, 1.82) is 0 Å². The van der Waals surface area contributed by atoms with Gasteiger partial charge in [0.05, 0.1) is 13.7 Å². The third kappa shape index (κ3) is 5.90. The minimum atomic E-state index is -0.215. The summed E-state index contributed by atoms with van der Waals surface area (Å²) < 4.78 is 10.6. The van der Waals surface area contributed by atoms with Crippen molar-refractivity contribution in [3.63, 3.8) is 0 Å². The van der Waals surface area contributed by atoms with E-state index in [1.165, 1.54) is 5.56 Å². The van der Waals surface area contributed by atoms with Crippen molar-refractivity contribution in [2.45, 2.75) is 13.5 Å². The number of ether oxygens (including phenoxy) is 2. The number of hydrogen-bond donors (Lipinski definition) is 2. The molecule has 0 radical (unpaired) electrons. The fraction of sp³-hybridized carbons (Fsp3) is 0.278. The van der Waals surface area contributed by atoms with Gasteiger partial charge < -0.3 is 20.1 Å². The Bertz CT molecular complexity index is 609. The van der Waals surface area contributed by atoms with Gasteiger partial charge in [0.15, 0.2) is 0 Å². The Morgan fingerprint density at radius 2 is 1.61 bits per heavy atom. The molecule has 2 rings (SSSR count). The lowest BCUT2D eigenvalue weighted by atomic mass is 10.2. The molecule has 122 valence electrons. The van der Waals surface area contributed by atoms with Gasteiger partial charge in [-0.3, -0.25) is 0 Å². The van der Waals surface area contributed by atoms with Crippen molar-refractivity contribution >= 4 is 6.03 Å². The SMILES string of the molecule is COc1ccc(CNC(=O)NCCOc2ccc(C)cc2)cc1. The number of benzene rings is 2. The monoisotopic (exact) mass is 314 g/mol. The Labute approximate surface area is 136 Å². The van der Waals surface area contributed by atoms with Gasteiger partial charge in [-0.05, 0) is 36.8 Å². The molecule has 0 heterocycles. The van der Waals surface area contributed by atoms with E-state index < -0.39 is 0 Å². The number of methoxy groups -OCH3 is 1. The van der Waals surface area contributed by atoms with Gasteiger partial charge >= 0.3 is 6.03 Å². The zero-order valence-corrected chi connectivity index (χ0v) is 13.5. The average molecular weight is 314 g/mol. The lowest BCUT2D eigenvalue weighted by molar-refractivity contribution is 0.236. The van der Waals surface area contributed by atoms with Crippen molar-refractivity contribution in [1.82, 2.24) is 10.6 Å². The quantitative estimate of drug-likeness (QED) is 0.773. The number of nitrogens with one attached hydrogen (secondary N) is 2. The smallest absolute Gasteiger partial charge is 0.315 e. The van der Waals surface area contributed by atoms with Crippen molar-refractivity contribution in [2.24, 2.45) is 0 Å². The molecule has 0 saturated carbocycles. The van der Waals surface area contributed by atoms with E-state index in [4.69, 9.17) is 9.47 Å². The molecule has 2 aromatic rings. The highest BCUT2D eigenvalue weighted by Crippen LogP contribution is 2.11. The molecule has 0 bridgehead atoms. The predicted octanol–water partition coefficient (Wildman–Crippen LogP) is 2.88. The van der Waals surface area contributed by atoms with Crippen molar-refractivity contribution in [3.8, 4) is 11.5 Å². The van der Waals surface area contributed by atoms with Crippen molar-refractivity contribution in [2.75, 3.05) is 20.3 Å². The first-order valence-electron chi connectivity index (χ1n) is 7.51. The molecule has 0 saturated heterocycles. The van der Waals surface area contributed by atoms with E-state index in [9.17, 15) is 4.79 Å². The van der Waals surface area contributed by atoms with Gasteiger partial charge in [-0.25, -0.2) is 4.79 Å². The van der Waals surface area contributed by atoms with Crippen LogP contribution in [-0.4, -0.2) is 26.3 Å². The number of amides is 2. The Hall–Kier alpha value is -2.69. The molecule has 0 unspecified atom stereocenters. The zero-order chi connectivity index (χ0) is 16.5. The molecule has 23 heavy (non-hydrogen) atoms. The Morgan fingerprint density at radius 3 is 2.26 bits per heavy atom. The molecule has 5 nitrogen and oxygen atoms in total. The molecule has 2 amide bonds. The maximum atomic E-state index is 11.7. The first-order valence-corrected chi connectivity index (χ1v) is 7.51. The van der Waals surface area contributed by atoms with Crippen LogP contribution in [0.1, 0.15) is 11.1 Å². The molecule has 2 aromatic carbocycles. The summed E-state index contributed by atoms with van der Waals surface area (Å²) >= 11 is 0. The first kappa shape index (κ1) is 16.7. The standard InChI is InChI=1S/C18H22N2O3/c1-14-3-7-17(8-4-14)23-12-11-19-18(21)20-13-15-5-9-16(22-2)10-6-15/h3-10H,11-13H2,1-2H3,(H2,19,20,21). The van der Waals surface area contributed by atoms with E-state index in [-0.39, 0.29) is 6.03 Å². The van der Waals surface area contributed by atoms with Crippen LogP contribution >= 0.6 is 0 Å². The molecular weight excluding hydrogens is 292 g/mol. The minimum absolute atomic E-state index is 0.215. The minimum Gasteiger partial charge on any atom is -0.497 e. The highest BCUT2D eigenvalue weighted by atomic mass is 16.5. The number of carbonyl (C=O) groups is 1. The summed E-state index contributed by atoms with van der Waals surface area (Å²) in [6.45, 7) is 3.37. The first-order chi connectivity index (χ1) is 11.2. The van der Waals surface area contributed by atoms with Crippen LogP contribution in [0, 0.1) is 6.92 Å². The van der Waals surface area contributed by atoms with Crippen LogP contribution in [0.4, 0.5) is 4.79 Å². The number of aryl methyl sites for hydroxylation is 1. The van der Waals surface area contributed by atoms with Crippen molar-refractivity contribution in [3.05, 3.63) is 59.7 Å². The Balaban J connectivity index is 1.62. The van der Waals surface area contributed by atoms with Crippen LogP contribution < -0.4 is 20.1 Å². The van der Waals surface area contributed by atoms with Gasteiger partial charge in [0.2, 0.25) is 0 Å². The summed E-state index contributed by atoms with van der Waals surface area (Å²) in [4.78, 5) is 11.7. The lowest BCUT2D eigenvalue weighted by Crippen LogP contribution is -2.37. The van der Waals surface area contributed by atoms with E-state index >= 15 is 0 Å². The van der Waals surface area contributed by atoms with Gasteiger partial charge in [-0.1, -0.05) is 29.8 Å². The van der Waals surface area contributed by atoms with Crippen LogP contribution in [-0.2, 0) is 6.54 Å². The molecule has 0 spiro atoms. The van der Waals surface area contributed by atoms with Crippen molar-refractivity contribution < 1.29 is 14.3 Å². The van der Waals surface area contributed by atoms with Gasteiger partial charge in [0, 0.05) is 6.54 Å². The highest BCUT2D eigenvalue weighted by molar-refractivity contribution is 5.73. The molecule has 0 atom stereocenters. The molecule has 0 aliphatic rings. The van der Waals surface area contributed by atoms with Gasteiger partial charge in [0.1, 0.15) is 18.1 Å². The van der Waals surface area contributed by atoms with E-state index in [0.717, 1.165) is 17.1 Å². The van der Waals surface area contributed by atoms with Gasteiger partial charge in [0.25, 0.3) is 0 Å². The molecule has 0 aliphatic carbocycles. The number of urea groups is 1. The summed E-state index contributed by atoms with van der Waals surface area (Å²) in [5.41, 5.74) is 2.20. The van der Waals surface area contributed by atoms with Crippen LogP contribution in [0.25, 0.3) is 0 Å². The molecule has 0 fully saturated rings. The Kier molecular flexibility index (Phi) is 6.29. The van der Waals surface area contributed by atoms with Crippen LogP contribution in [0.5, 0.6) is 11.5 Å². The number of hydrogen-bond acceptors (Lipinski definition) is 3.